The number of nitrogens with one attached hydrogen (secondary N) is 1. The van der Waals surface area contributed by atoms with Gasteiger partial charge in [-0.3, -0.25) is 9.59 Å². The lowest BCUT2D eigenvalue weighted by molar-refractivity contribution is -0.127. The van der Waals surface area contributed by atoms with Gasteiger partial charge in [-0.2, -0.15) is 4.31 Å². The molecule has 2 amide bonds. The lowest BCUT2D eigenvalue weighted by atomic mass is 10.0. The summed E-state index contributed by atoms with van der Waals surface area (Å²) in [6, 6.07) is 20.3. The number of amides is 2. The molecule has 10 nitrogen and oxygen atoms in total. The second-order valence-electron chi connectivity index (χ2n) is 12.3. The van der Waals surface area contributed by atoms with Crippen LogP contribution in [-0.2, 0) is 32.6 Å². The number of nitrogens with zero attached hydrogens (tertiary/aromatic N) is 3. The van der Waals surface area contributed by atoms with Crippen LogP contribution in [0.15, 0.2) is 77.7 Å². The molecule has 3 N–H and O–H groups in total. The number of hydrogen-bond donors (Lipinski definition) is 3. The molecule has 0 aliphatic rings. The molecule has 0 unspecified atom stereocenters. The maximum absolute atomic E-state index is 13.8. The van der Waals surface area contributed by atoms with Crippen LogP contribution in [0.5, 0.6) is 0 Å². The summed E-state index contributed by atoms with van der Waals surface area (Å²) in [6.07, 6.45) is -0.999. The number of hydrogen-bond acceptors (Lipinski definition) is 7. The van der Waals surface area contributed by atoms with Crippen molar-refractivity contribution in [1.82, 2.24) is 14.5 Å². The van der Waals surface area contributed by atoms with Gasteiger partial charge >= 0.3 is 0 Å². The van der Waals surface area contributed by atoms with Crippen LogP contribution in [0.1, 0.15) is 36.1 Å². The summed E-state index contributed by atoms with van der Waals surface area (Å²) in [5, 5.41) is 24.0. The first-order valence-corrected chi connectivity index (χ1v) is 16.9. The van der Waals surface area contributed by atoms with Crippen molar-refractivity contribution >= 4 is 27.5 Å². The van der Waals surface area contributed by atoms with Gasteiger partial charge in [0.2, 0.25) is 21.8 Å². The van der Waals surface area contributed by atoms with E-state index in [9.17, 15) is 28.2 Å². The molecule has 0 bridgehead atoms. The van der Waals surface area contributed by atoms with Gasteiger partial charge in [-0.1, -0.05) is 74.5 Å². The molecule has 11 heteroatoms. The topological polar surface area (TPSA) is 130 Å². The fourth-order valence-electron chi connectivity index (χ4n) is 5.33. The Hall–Kier alpha value is -3.77. The number of aliphatic hydroxyl groups excluding tert-OH is 2. The van der Waals surface area contributed by atoms with Crippen LogP contribution in [0.2, 0.25) is 0 Å². The van der Waals surface area contributed by atoms with Crippen molar-refractivity contribution < 1.29 is 28.2 Å². The summed E-state index contributed by atoms with van der Waals surface area (Å²) in [5.41, 5.74) is 4.07. The summed E-state index contributed by atoms with van der Waals surface area (Å²) in [4.78, 5) is 29.8. The molecule has 0 aromatic heterocycles. The van der Waals surface area contributed by atoms with Gasteiger partial charge in [0.1, 0.15) is 0 Å². The third-order valence-corrected chi connectivity index (χ3v) is 9.57. The summed E-state index contributed by atoms with van der Waals surface area (Å²) < 4.78 is 28.8. The van der Waals surface area contributed by atoms with Crippen molar-refractivity contribution in [2.24, 2.45) is 5.92 Å². The molecule has 0 radical (unpaired) electrons. The van der Waals surface area contributed by atoms with Gasteiger partial charge < -0.3 is 25.3 Å². The molecule has 0 aliphatic heterocycles. The number of para-hydroxylation sites is 1. The summed E-state index contributed by atoms with van der Waals surface area (Å²) in [6.45, 7) is 7.17. The smallest absolute Gasteiger partial charge is 0.243 e. The minimum Gasteiger partial charge on any atom is -0.392 e. The van der Waals surface area contributed by atoms with Crippen LogP contribution in [-0.4, -0.2) is 92.1 Å². The van der Waals surface area contributed by atoms with Gasteiger partial charge in [0.05, 0.1) is 36.7 Å². The number of sulfonamides is 1. The van der Waals surface area contributed by atoms with E-state index in [1.54, 1.807) is 31.1 Å². The van der Waals surface area contributed by atoms with E-state index in [-0.39, 0.29) is 55.9 Å². The quantitative estimate of drug-likeness (QED) is 0.217. The molecule has 46 heavy (non-hydrogen) atoms. The Balaban J connectivity index is 1.91. The number of anilines is 1. The third kappa shape index (κ3) is 10.1. The number of aryl methyl sites for hydroxylation is 2. The lowest BCUT2D eigenvalue weighted by Gasteiger charge is -2.32. The van der Waals surface area contributed by atoms with E-state index >= 15 is 0 Å². The van der Waals surface area contributed by atoms with E-state index in [0.29, 0.717) is 5.56 Å². The third-order valence-electron chi connectivity index (χ3n) is 7.73. The average Bonchev–Trinajstić information content (AvgIpc) is 3.00. The standard InChI is InChI=1S/C35H48N4O6S/c1-25(2)20-39(46(44,45)30-17-15-29(24-40)16-18-30)21-32(41)31(19-28-13-8-7-9-14-28)36-33(42)22-38(23-34(43)37(5)6)35-26(3)11-10-12-27(35)4/h7-18,25,31-32,40-41H,19-24H2,1-6H3,(H,36,42)/t31-,32+/m0/s1. The number of rotatable bonds is 16. The van der Waals surface area contributed by atoms with E-state index < -0.39 is 28.1 Å². The van der Waals surface area contributed by atoms with Crippen LogP contribution >= 0.6 is 0 Å². The van der Waals surface area contributed by atoms with Crippen molar-refractivity contribution in [2.75, 3.05) is 45.2 Å². The highest BCUT2D eigenvalue weighted by Gasteiger charge is 2.32. The van der Waals surface area contributed by atoms with Crippen molar-refractivity contribution in [3.8, 4) is 0 Å². The Kier molecular flexibility index (Phi) is 13.3. The molecule has 0 fully saturated rings. The zero-order valence-electron chi connectivity index (χ0n) is 27.7. The molecule has 3 aromatic carbocycles. The summed E-state index contributed by atoms with van der Waals surface area (Å²) >= 11 is 0. The predicted molar refractivity (Wildman–Crippen MR) is 181 cm³/mol. The molecule has 250 valence electrons. The van der Waals surface area contributed by atoms with E-state index in [4.69, 9.17) is 0 Å². The molecule has 0 heterocycles. The van der Waals surface area contributed by atoms with Crippen molar-refractivity contribution in [3.63, 3.8) is 0 Å². The first-order valence-electron chi connectivity index (χ1n) is 15.5. The number of benzene rings is 3. The molecule has 3 rings (SSSR count). The van der Waals surface area contributed by atoms with Crippen LogP contribution in [0, 0.1) is 19.8 Å². The molecular formula is C35H48N4O6S. The number of likely N-dealkylation sites (N-methyl/N-ethyl adjacent to an activating group) is 1. The highest BCUT2D eigenvalue weighted by Crippen LogP contribution is 2.25. The molecule has 0 saturated heterocycles. The Morgan fingerprint density at radius 2 is 1.43 bits per heavy atom. The minimum atomic E-state index is -4.01. The normalized spacial score (nSPS) is 13.0. The van der Waals surface area contributed by atoms with Crippen molar-refractivity contribution in [3.05, 3.63) is 95.1 Å². The van der Waals surface area contributed by atoms with Gasteiger partial charge in [-0.25, -0.2) is 8.42 Å². The average molecular weight is 653 g/mol. The Morgan fingerprint density at radius 3 is 1.98 bits per heavy atom. The van der Waals surface area contributed by atoms with Gasteiger partial charge in [-0.05, 0) is 60.6 Å². The number of aliphatic hydroxyl groups is 2. The first-order chi connectivity index (χ1) is 21.7. The molecular weight excluding hydrogens is 604 g/mol. The van der Waals surface area contributed by atoms with Gasteiger partial charge in [-0.15, -0.1) is 0 Å². The fourth-order valence-corrected chi connectivity index (χ4v) is 6.95. The number of carbonyl (C=O) groups excluding carboxylic acids is 2. The maximum Gasteiger partial charge on any atom is 0.243 e. The largest absolute Gasteiger partial charge is 0.392 e. The summed E-state index contributed by atoms with van der Waals surface area (Å²) in [5.74, 6) is -0.620. The first kappa shape index (κ1) is 36.7. The van der Waals surface area contributed by atoms with Crippen LogP contribution in [0.25, 0.3) is 0 Å². The fraction of sp³-hybridized carbons (Fsp3) is 0.429. The van der Waals surface area contributed by atoms with Gasteiger partial charge in [0, 0.05) is 32.9 Å². The zero-order chi connectivity index (χ0) is 34.0. The molecule has 2 atom stereocenters. The maximum atomic E-state index is 13.8. The molecule has 0 aliphatic carbocycles. The Labute approximate surface area is 273 Å². The Morgan fingerprint density at radius 1 is 0.826 bits per heavy atom. The highest BCUT2D eigenvalue weighted by atomic mass is 32.2. The van der Waals surface area contributed by atoms with Crippen molar-refractivity contribution in [1.29, 1.82) is 0 Å². The van der Waals surface area contributed by atoms with Crippen molar-refractivity contribution in [2.45, 2.75) is 57.8 Å². The second kappa shape index (κ2) is 16.7. The Bertz CT molecular complexity index is 1520. The lowest BCUT2D eigenvalue weighted by Crippen LogP contribution is -2.53. The molecule has 0 saturated carbocycles. The van der Waals surface area contributed by atoms with Crippen LogP contribution in [0.4, 0.5) is 5.69 Å². The number of carbonyl (C=O) groups is 2. The van der Waals surface area contributed by atoms with E-state index in [2.05, 4.69) is 5.32 Å². The molecule has 3 aromatic rings. The SMILES string of the molecule is Cc1cccc(C)c1N(CC(=O)N[C@@H](Cc1ccccc1)[C@H](O)CN(CC(C)C)S(=O)(=O)c1ccc(CO)cc1)CC(=O)N(C)C. The monoisotopic (exact) mass is 652 g/mol. The van der Waals surface area contributed by atoms with Gasteiger partial charge in [0.25, 0.3) is 0 Å². The van der Waals surface area contributed by atoms with Gasteiger partial charge in [0.15, 0.2) is 0 Å². The van der Waals surface area contributed by atoms with E-state index in [0.717, 1.165) is 22.4 Å². The zero-order valence-corrected chi connectivity index (χ0v) is 28.5. The second-order valence-corrected chi connectivity index (χ2v) is 14.3. The predicted octanol–water partition coefficient (Wildman–Crippen LogP) is 3.13. The van der Waals surface area contributed by atoms with E-state index in [1.165, 1.54) is 21.3 Å². The molecule has 0 spiro atoms. The summed E-state index contributed by atoms with van der Waals surface area (Å²) in [7, 11) is -0.684. The van der Waals surface area contributed by atoms with E-state index in [1.807, 2.05) is 76.2 Å². The van der Waals surface area contributed by atoms with Crippen LogP contribution in [0.3, 0.4) is 0 Å². The minimum absolute atomic E-state index is 0.0203. The highest BCUT2D eigenvalue weighted by molar-refractivity contribution is 7.89. The van der Waals surface area contributed by atoms with Crippen LogP contribution < -0.4 is 10.2 Å².